The van der Waals surface area contributed by atoms with Crippen LogP contribution in [-0.4, -0.2) is 41.3 Å². The van der Waals surface area contributed by atoms with E-state index in [1.165, 1.54) is 22.6 Å². The van der Waals surface area contributed by atoms with Gasteiger partial charge in [0.25, 0.3) is 0 Å². The zero-order valence-corrected chi connectivity index (χ0v) is 12.5. The van der Waals surface area contributed by atoms with Crippen LogP contribution in [0.15, 0.2) is 23.2 Å². The van der Waals surface area contributed by atoms with Crippen LogP contribution in [0.25, 0.3) is 0 Å². The number of nitrogen functional groups attached to an aromatic ring is 1. The number of rotatable bonds is 3. The Labute approximate surface area is 117 Å². The summed E-state index contributed by atoms with van der Waals surface area (Å²) < 4.78 is 26.7. The molecule has 1 fully saturated rings. The third-order valence-corrected chi connectivity index (χ3v) is 5.96. The Hall–Kier alpha value is -0.830. The fourth-order valence-electron chi connectivity index (χ4n) is 2.13. The van der Waals surface area contributed by atoms with E-state index < -0.39 is 10.0 Å². The van der Waals surface area contributed by atoms with E-state index in [0.29, 0.717) is 29.4 Å². The van der Waals surface area contributed by atoms with Crippen molar-refractivity contribution in [2.75, 3.05) is 18.5 Å². The highest BCUT2D eigenvalue weighted by atomic mass is 32.2. The first-order valence-electron chi connectivity index (χ1n) is 6.01. The van der Waals surface area contributed by atoms with E-state index in [2.05, 4.69) is 10.4 Å². The Bertz CT molecular complexity index is 539. The summed E-state index contributed by atoms with van der Waals surface area (Å²) in [4.78, 5) is 4.15. The average Bonchev–Trinajstić information content (AvgIpc) is 2.37. The zero-order valence-electron chi connectivity index (χ0n) is 10.9. The molecule has 0 saturated carbocycles. The Morgan fingerprint density at radius 3 is 2.63 bits per heavy atom. The van der Waals surface area contributed by atoms with E-state index in [4.69, 9.17) is 5.84 Å². The molecule has 3 N–H and O–H groups in total. The SMILES string of the molecule is CC1CN(S(=O)(=O)c2ccnc(NN)c2)CC(C)S1. The molecule has 2 rings (SSSR count). The molecule has 1 aromatic heterocycles. The molecule has 0 aliphatic carbocycles. The second-order valence-corrected chi connectivity index (χ2v) is 8.42. The van der Waals surface area contributed by atoms with Crippen molar-refractivity contribution in [2.24, 2.45) is 5.84 Å². The Balaban J connectivity index is 2.30. The molecule has 1 aromatic rings. The van der Waals surface area contributed by atoms with Crippen molar-refractivity contribution in [3.05, 3.63) is 18.3 Å². The van der Waals surface area contributed by atoms with Crippen LogP contribution in [0.2, 0.25) is 0 Å². The topological polar surface area (TPSA) is 88.3 Å². The minimum Gasteiger partial charge on any atom is -0.308 e. The molecule has 6 nitrogen and oxygen atoms in total. The molecular formula is C11H18N4O2S2. The molecule has 19 heavy (non-hydrogen) atoms. The third kappa shape index (κ3) is 3.19. The summed E-state index contributed by atoms with van der Waals surface area (Å²) in [7, 11) is -3.48. The van der Waals surface area contributed by atoms with Gasteiger partial charge in [-0.25, -0.2) is 19.2 Å². The summed E-state index contributed by atoms with van der Waals surface area (Å²) in [6.45, 7) is 5.15. The molecule has 8 heteroatoms. The van der Waals surface area contributed by atoms with E-state index >= 15 is 0 Å². The number of hydrazine groups is 1. The van der Waals surface area contributed by atoms with Crippen LogP contribution < -0.4 is 11.3 Å². The van der Waals surface area contributed by atoms with Crippen molar-refractivity contribution in [1.82, 2.24) is 9.29 Å². The first-order valence-corrected chi connectivity index (χ1v) is 8.40. The minimum absolute atomic E-state index is 0.224. The number of hydrogen-bond donors (Lipinski definition) is 2. The Kier molecular flexibility index (Phi) is 4.34. The number of aromatic nitrogens is 1. The fraction of sp³-hybridized carbons (Fsp3) is 0.545. The number of hydrogen-bond acceptors (Lipinski definition) is 6. The third-order valence-electron chi connectivity index (χ3n) is 2.90. The van der Waals surface area contributed by atoms with Gasteiger partial charge in [-0.1, -0.05) is 13.8 Å². The zero-order chi connectivity index (χ0) is 14.0. The van der Waals surface area contributed by atoms with E-state index in [1.807, 2.05) is 25.6 Å². The number of thioether (sulfide) groups is 1. The standard InChI is InChI=1S/C11H18N4O2S2/c1-8-6-15(7-9(2)18-8)19(16,17)10-3-4-13-11(5-10)14-12/h3-5,8-9H,6-7,12H2,1-2H3,(H,13,14). The quantitative estimate of drug-likeness (QED) is 0.636. The van der Waals surface area contributed by atoms with Crippen LogP contribution in [-0.2, 0) is 10.0 Å². The number of nitrogens with zero attached hydrogens (tertiary/aromatic N) is 2. The van der Waals surface area contributed by atoms with Gasteiger partial charge in [-0.3, -0.25) is 0 Å². The van der Waals surface area contributed by atoms with Gasteiger partial charge in [0.2, 0.25) is 10.0 Å². The average molecular weight is 302 g/mol. The lowest BCUT2D eigenvalue weighted by molar-refractivity contribution is 0.405. The first-order chi connectivity index (χ1) is 8.93. The Morgan fingerprint density at radius 1 is 1.42 bits per heavy atom. The number of nitrogens with two attached hydrogens (primary N) is 1. The van der Waals surface area contributed by atoms with Crippen molar-refractivity contribution in [2.45, 2.75) is 29.2 Å². The highest BCUT2D eigenvalue weighted by Crippen LogP contribution is 2.29. The van der Waals surface area contributed by atoms with E-state index in [1.54, 1.807) is 0 Å². The second kappa shape index (κ2) is 5.66. The number of sulfonamides is 1. The van der Waals surface area contributed by atoms with Gasteiger partial charge in [0.1, 0.15) is 5.82 Å². The predicted octanol–water partition coefficient (Wildman–Crippen LogP) is 0.882. The van der Waals surface area contributed by atoms with E-state index in [0.717, 1.165) is 0 Å². The predicted molar refractivity (Wildman–Crippen MR) is 77.3 cm³/mol. The van der Waals surface area contributed by atoms with Crippen LogP contribution in [0, 0.1) is 0 Å². The summed E-state index contributed by atoms with van der Waals surface area (Å²) in [5.41, 5.74) is 2.36. The van der Waals surface area contributed by atoms with Crippen molar-refractivity contribution in [1.29, 1.82) is 0 Å². The van der Waals surface area contributed by atoms with Gasteiger partial charge in [0.15, 0.2) is 0 Å². The van der Waals surface area contributed by atoms with Crippen molar-refractivity contribution in [3.8, 4) is 0 Å². The number of anilines is 1. The highest BCUT2D eigenvalue weighted by molar-refractivity contribution is 8.00. The molecule has 1 saturated heterocycles. The lowest BCUT2D eigenvalue weighted by Crippen LogP contribution is -2.43. The molecular weight excluding hydrogens is 284 g/mol. The molecule has 106 valence electrons. The van der Waals surface area contributed by atoms with Gasteiger partial charge in [0.05, 0.1) is 4.90 Å². The largest absolute Gasteiger partial charge is 0.308 e. The van der Waals surface area contributed by atoms with E-state index in [9.17, 15) is 8.42 Å². The molecule has 0 bridgehead atoms. The second-order valence-electron chi connectivity index (χ2n) is 4.60. The fourth-order valence-corrected chi connectivity index (χ4v) is 5.27. The molecule has 0 radical (unpaired) electrons. The molecule has 2 heterocycles. The Morgan fingerprint density at radius 2 is 2.05 bits per heavy atom. The van der Waals surface area contributed by atoms with Crippen LogP contribution in [0.3, 0.4) is 0 Å². The number of nitrogens with one attached hydrogen (secondary N) is 1. The van der Waals surface area contributed by atoms with Gasteiger partial charge >= 0.3 is 0 Å². The molecule has 0 amide bonds. The lowest BCUT2D eigenvalue weighted by Gasteiger charge is -2.33. The summed E-state index contributed by atoms with van der Waals surface area (Å²) in [5.74, 6) is 5.60. The molecule has 1 aliphatic rings. The van der Waals surface area contributed by atoms with Crippen LogP contribution >= 0.6 is 11.8 Å². The molecule has 0 aromatic carbocycles. The molecule has 1 aliphatic heterocycles. The number of pyridine rings is 1. The maximum absolute atomic E-state index is 12.6. The summed E-state index contributed by atoms with van der Waals surface area (Å²) in [6.07, 6.45) is 1.44. The maximum Gasteiger partial charge on any atom is 0.243 e. The molecule has 2 unspecified atom stereocenters. The first kappa shape index (κ1) is 14.6. The van der Waals surface area contributed by atoms with Gasteiger partial charge < -0.3 is 5.43 Å². The van der Waals surface area contributed by atoms with Gasteiger partial charge in [0, 0.05) is 35.9 Å². The van der Waals surface area contributed by atoms with Gasteiger partial charge in [-0.15, -0.1) is 0 Å². The van der Waals surface area contributed by atoms with Crippen molar-refractivity contribution in [3.63, 3.8) is 0 Å². The van der Waals surface area contributed by atoms with Crippen LogP contribution in [0.4, 0.5) is 5.82 Å². The van der Waals surface area contributed by atoms with Crippen molar-refractivity contribution < 1.29 is 8.42 Å². The molecule has 2 atom stereocenters. The molecule has 0 spiro atoms. The minimum atomic E-state index is -3.48. The van der Waals surface area contributed by atoms with Crippen LogP contribution in [0.1, 0.15) is 13.8 Å². The van der Waals surface area contributed by atoms with Crippen LogP contribution in [0.5, 0.6) is 0 Å². The summed E-state index contributed by atoms with van der Waals surface area (Å²) in [5, 5.41) is 0.597. The smallest absolute Gasteiger partial charge is 0.243 e. The van der Waals surface area contributed by atoms with Gasteiger partial charge in [-0.2, -0.15) is 16.1 Å². The summed E-state index contributed by atoms with van der Waals surface area (Å²) in [6, 6.07) is 2.94. The lowest BCUT2D eigenvalue weighted by atomic mass is 10.4. The summed E-state index contributed by atoms with van der Waals surface area (Å²) >= 11 is 1.81. The maximum atomic E-state index is 12.6. The highest BCUT2D eigenvalue weighted by Gasteiger charge is 2.32. The van der Waals surface area contributed by atoms with Crippen molar-refractivity contribution >= 4 is 27.6 Å². The van der Waals surface area contributed by atoms with E-state index in [-0.39, 0.29) is 4.90 Å². The monoisotopic (exact) mass is 302 g/mol. The normalized spacial score (nSPS) is 25.2. The van der Waals surface area contributed by atoms with Gasteiger partial charge in [-0.05, 0) is 6.07 Å².